The van der Waals surface area contributed by atoms with Gasteiger partial charge in [-0.2, -0.15) is 0 Å². The summed E-state index contributed by atoms with van der Waals surface area (Å²) in [5.41, 5.74) is 0.770. The maximum absolute atomic E-state index is 12.2. The first-order valence-corrected chi connectivity index (χ1v) is 6.43. The molecule has 19 heavy (non-hydrogen) atoms. The Kier molecular flexibility index (Phi) is 5.47. The van der Waals surface area contributed by atoms with Gasteiger partial charge in [0.25, 0.3) is 5.91 Å². The van der Waals surface area contributed by atoms with E-state index in [9.17, 15) is 4.79 Å². The van der Waals surface area contributed by atoms with Crippen molar-refractivity contribution in [2.45, 2.75) is 13.0 Å². The van der Waals surface area contributed by atoms with Gasteiger partial charge in [-0.05, 0) is 25.1 Å². The summed E-state index contributed by atoms with van der Waals surface area (Å²) in [7, 11) is 4.13. The van der Waals surface area contributed by atoms with Crippen molar-refractivity contribution in [1.82, 2.24) is 0 Å². The Morgan fingerprint density at radius 2 is 2.11 bits per heavy atom. The summed E-state index contributed by atoms with van der Waals surface area (Å²) in [6.45, 7) is 3.32. The zero-order valence-electron chi connectivity index (χ0n) is 11.2. The van der Waals surface area contributed by atoms with Gasteiger partial charge in [0, 0.05) is 5.02 Å². The lowest BCUT2D eigenvalue weighted by Gasteiger charge is -2.33. The molecule has 0 aliphatic carbocycles. The van der Waals surface area contributed by atoms with E-state index >= 15 is 0 Å². The first-order chi connectivity index (χ1) is 8.49. The highest BCUT2D eigenvalue weighted by molar-refractivity contribution is 6.31. The fourth-order valence-electron chi connectivity index (χ4n) is 1.95. The summed E-state index contributed by atoms with van der Waals surface area (Å²) in [6, 6.07) is 5.38. The molecule has 1 unspecified atom stereocenters. The summed E-state index contributed by atoms with van der Waals surface area (Å²) < 4.78 is 5.58. The molecule has 1 aliphatic heterocycles. The molecule has 1 aromatic rings. The van der Waals surface area contributed by atoms with Gasteiger partial charge < -0.3 is 26.9 Å². The van der Waals surface area contributed by atoms with Gasteiger partial charge in [-0.1, -0.05) is 11.6 Å². The minimum absolute atomic E-state index is 0. The number of amides is 1. The maximum atomic E-state index is 12.2. The van der Waals surface area contributed by atoms with Crippen molar-refractivity contribution in [3.8, 4) is 5.75 Å². The van der Waals surface area contributed by atoms with E-state index in [-0.39, 0.29) is 18.3 Å². The number of halogens is 2. The van der Waals surface area contributed by atoms with Crippen molar-refractivity contribution in [1.29, 1.82) is 0 Å². The zero-order chi connectivity index (χ0) is 13.3. The number of carbonyl (C=O) groups excluding carboxylic acids is 1. The van der Waals surface area contributed by atoms with Crippen molar-refractivity contribution in [3.05, 3.63) is 23.2 Å². The average molecular weight is 305 g/mol. The molecule has 0 bridgehead atoms. The molecule has 2 rings (SSSR count). The third kappa shape index (κ3) is 3.53. The minimum atomic E-state index is -0.434. The summed E-state index contributed by atoms with van der Waals surface area (Å²) in [5, 5.41) is 0.613. The zero-order valence-corrected chi connectivity index (χ0v) is 12.8. The number of likely N-dealkylation sites (N-methyl/N-ethyl adjacent to an activating group) is 1. The van der Waals surface area contributed by atoms with Gasteiger partial charge in [0.1, 0.15) is 5.75 Å². The quantitative estimate of drug-likeness (QED) is 0.676. The van der Waals surface area contributed by atoms with Crippen LogP contribution in [0.1, 0.15) is 6.92 Å². The molecule has 0 spiro atoms. The third-order valence-electron chi connectivity index (χ3n) is 2.96. The number of ether oxygens (including phenoxy) is 1. The molecule has 1 aromatic carbocycles. The van der Waals surface area contributed by atoms with Crippen LogP contribution in [0.2, 0.25) is 5.02 Å². The van der Waals surface area contributed by atoms with Crippen LogP contribution in [0.5, 0.6) is 5.75 Å². The molecular formula is C13H18Cl2N2O2. The fraction of sp³-hybridized carbons (Fsp3) is 0.462. The van der Waals surface area contributed by atoms with Gasteiger partial charge in [-0.25, -0.2) is 0 Å². The summed E-state index contributed by atoms with van der Waals surface area (Å²) in [4.78, 5) is 15.2. The highest BCUT2D eigenvalue weighted by Crippen LogP contribution is 2.35. The van der Waals surface area contributed by atoms with Crippen molar-refractivity contribution >= 4 is 23.2 Å². The number of nitrogens with one attached hydrogen (secondary N) is 1. The fourth-order valence-corrected chi connectivity index (χ4v) is 2.11. The second kappa shape index (κ2) is 6.46. The lowest BCUT2D eigenvalue weighted by Crippen LogP contribution is -3.06. The summed E-state index contributed by atoms with van der Waals surface area (Å²) in [5.74, 6) is 0.714. The predicted octanol–water partition coefficient (Wildman–Crippen LogP) is -2.40. The molecule has 106 valence electrons. The molecular weight excluding hydrogens is 287 g/mol. The minimum Gasteiger partial charge on any atom is -1.00 e. The van der Waals surface area contributed by atoms with Crippen LogP contribution in [-0.4, -0.2) is 39.2 Å². The topological polar surface area (TPSA) is 34.0 Å². The normalized spacial score (nSPS) is 17.8. The molecule has 0 aromatic heterocycles. The maximum Gasteiger partial charge on any atom is 0.268 e. The van der Waals surface area contributed by atoms with Crippen LogP contribution in [0.15, 0.2) is 18.2 Å². The Balaban J connectivity index is 0.00000180. The van der Waals surface area contributed by atoms with Gasteiger partial charge in [0.15, 0.2) is 6.10 Å². The van der Waals surface area contributed by atoms with E-state index in [4.69, 9.17) is 16.3 Å². The molecule has 1 heterocycles. The second-order valence-corrected chi connectivity index (χ2v) is 5.26. The van der Waals surface area contributed by atoms with E-state index in [2.05, 4.69) is 14.1 Å². The van der Waals surface area contributed by atoms with Crippen LogP contribution >= 0.6 is 11.6 Å². The smallest absolute Gasteiger partial charge is 0.268 e. The van der Waals surface area contributed by atoms with Gasteiger partial charge >= 0.3 is 0 Å². The number of fused-ring (bicyclic) bond motifs is 1. The van der Waals surface area contributed by atoms with E-state index < -0.39 is 6.10 Å². The van der Waals surface area contributed by atoms with Crippen LogP contribution in [-0.2, 0) is 4.79 Å². The Morgan fingerprint density at radius 1 is 1.42 bits per heavy atom. The monoisotopic (exact) mass is 304 g/mol. The largest absolute Gasteiger partial charge is 1.00 e. The number of benzene rings is 1. The van der Waals surface area contributed by atoms with Crippen LogP contribution in [0.3, 0.4) is 0 Å². The number of quaternary nitrogens is 1. The molecule has 1 aliphatic rings. The van der Waals surface area contributed by atoms with E-state index in [1.54, 1.807) is 24.0 Å². The van der Waals surface area contributed by atoms with Crippen molar-refractivity contribution in [3.63, 3.8) is 0 Å². The summed E-state index contributed by atoms with van der Waals surface area (Å²) in [6.07, 6.45) is -0.434. The molecule has 0 radical (unpaired) electrons. The van der Waals surface area contributed by atoms with Crippen LogP contribution in [0.25, 0.3) is 0 Å². The van der Waals surface area contributed by atoms with Crippen molar-refractivity contribution < 1.29 is 26.8 Å². The van der Waals surface area contributed by atoms with E-state index in [0.717, 1.165) is 18.0 Å². The molecule has 4 nitrogen and oxygen atoms in total. The molecule has 0 saturated carbocycles. The highest BCUT2D eigenvalue weighted by Gasteiger charge is 2.31. The highest BCUT2D eigenvalue weighted by atomic mass is 35.5. The summed E-state index contributed by atoms with van der Waals surface area (Å²) >= 11 is 5.99. The van der Waals surface area contributed by atoms with E-state index in [1.807, 2.05) is 6.07 Å². The molecule has 1 N–H and O–H groups in total. The van der Waals surface area contributed by atoms with Gasteiger partial charge in [0.2, 0.25) is 0 Å². The third-order valence-corrected chi connectivity index (χ3v) is 3.20. The lowest BCUT2D eigenvalue weighted by molar-refractivity contribution is -0.856. The van der Waals surface area contributed by atoms with E-state index in [0.29, 0.717) is 11.6 Å². The average Bonchev–Trinajstić information content (AvgIpc) is 2.30. The van der Waals surface area contributed by atoms with Gasteiger partial charge in [-0.3, -0.25) is 4.79 Å². The second-order valence-electron chi connectivity index (χ2n) is 4.82. The number of nitrogens with zero attached hydrogens (tertiary/aromatic N) is 1. The molecule has 0 fully saturated rings. The van der Waals surface area contributed by atoms with Crippen LogP contribution in [0.4, 0.5) is 5.69 Å². The van der Waals surface area contributed by atoms with Gasteiger partial charge in [-0.15, -0.1) is 0 Å². The molecule has 1 amide bonds. The number of hydrogen-bond acceptors (Lipinski definition) is 2. The Hall–Kier alpha value is -0.970. The first kappa shape index (κ1) is 16.1. The number of carbonyl (C=O) groups is 1. The first-order valence-electron chi connectivity index (χ1n) is 6.05. The predicted molar refractivity (Wildman–Crippen MR) is 71.6 cm³/mol. The van der Waals surface area contributed by atoms with Crippen molar-refractivity contribution in [2.75, 3.05) is 32.1 Å². The van der Waals surface area contributed by atoms with Crippen LogP contribution in [0, 0.1) is 0 Å². The van der Waals surface area contributed by atoms with E-state index in [1.165, 1.54) is 4.90 Å². The number of anilines is 1. The SMILES string of the molecule is CC1Oc2ccc(Cl)cc2N(CC[NH+](C)C)C1=O.[Cl-]. The number of hydrogen-bond donors (Lipinski definition) is 1. The molecule has 1 atom stereocenters. The Labute approximate surface area is 124 Å². The Morgan fingerprint density at radius 3 is 2.74 bits per heavy atom. The molecule has 6 heteroatoms. The molecule has 0 saturated heterocycles. The van der Waals surface area contributed by atoms with Crippen LogP contribution < -0.4 is 26.9 Å². The van der Waals surface area contributed by atoms with Crippen molar-refractivity contribution in [2.24, 2.45) is 0 Å². The number of rotatable bonds is 3. The lowest BCUT2D eigenvalue weighted by atomic mass is 10.2. The Bertz CT molecular complexity index is 466. The standard InChI is InChI=1S/C13H17ClN2O2.ClH/c1-9-13(17)16(7-6-15(2)3)11-8-10(14)4-5-12(11)18-9;/h4-5,8-9H,6-7H2,1-3H3;1H. The van der Waals surface area contributed by atoms with Gasteiger partial charge in [0.05, 0.1) is 32.9 Å².